The van der Waals surface area contributed by atoms with Crippen LogP contribution >= 0.6 is 0 Å². The fraction of sp³-hybridized carbons (Fsp3) is 0.391. The smallest absolute Gasteiger partial charge is 0.381 e. The molecule has 6 heteroatoms. The molecule has 156 valence electrons. The standard InChI is InChI=1S/C23H26F4N2/c1-3-16-15-29(4-2)22(13-20(16)23(25,26)27)17-9-11-19(12-10-17)28-14-18-7-5-6-8-21(18)24/h5-13,16,20,28H,3-4,14-15H2,1-2H3. The molecule has 0 aliphatic carbocycles. The first kappa shape index (κ1) is 21.2. The van der Waals surface area contributed by atoms with Crippen LogP contribution in [0.5, 0.6) is 0 Å². The minimum atomic E-state index is -4.24. The molecule has 29 heavy (non-hydrogen) atoms. The average molecular weight is 406 g/mol. The van der Waals surface area contributed by atoms with Crippen molar-refractivity contribution in [1.82, 2.24) is 4.90 Å². The van der Waals surface area contributed by atoms with Crippen LogP contribution in [0.1, 0.15) is 31.4 Å². The maximum atomic E-state index is 13.7. The molecule has 1 aliphatic rings. The van der Waals surface area contributed by atoms with E-state index in [-0.39, 0.29) is 5.82 Å². The third-order valence-corrected chi connectivity index (χ3v) is 5.55. The molecule has 0 spiro atoms. The number of nitrogens with zero attached hydrogens (tertiary/aromatic N) is 1. The summed E-state index contributed by atoms with van der Waals surface area (Å²) in [5, 5.41) is 3.15. The highest BCUT2D eigenvalue weighted by Gasteiger charge is 2.45. The monoisotopic (exact) mass is 406 g/mol. The highest BCUT2D eigenvalue weighted by molar-refractivity contribution is 5.67. The predicted octanol–water partition coefficient (Wildman–Crippen LogP) is 6.32. The van der Waals surface area contributed by atoms with Crippen molar-refractivity contribution in [2.75, 3.05) is 18.4 Å². The van der Waals surface area contributed by atoms with Crippen molar-refractivity contribution in [3.63, 3.8) is 0 Å². The first-order chi connectivity index (χ1) is 13.8. The van der Waals surface area contributed by atoms with Crippen LogP contribution in [0, 0.1) is 17.7 Å². The molecule has 0 saturated carbocycles. The molecule has 0 bridgehead atoms. The van der Waals surface area contributed by atoms with Crippen molar-refractivity contribution < 1.29 is 17.6 Å². The van der Waals surface area contributed by atoms with Gasteiger partial charge >= 0.3 is 6.18 Å². The highest BCUT2D eigenvalue weighted by atomic mass is 19.4. The average Bonchev–Trinajstić information content (AvgIpc) is 2.72. The number of halogens is 4. The molecule has 2 unspecified atom stereocenters. The van der Waals surface area contributed by atoms with Gasteiger partial charge in [-0.3, -0.25) is 0 Å². The van der Waals surface area contributed by atoms with E-state index in [1.165, 1.54) is 12.1 Å². The first-order valence-electron chi connectivity index (χ1n) is 9.94. The Labute approximate surface area is 169 Å². The van der Waals surface area contributed by atoms with Gasteiger partial charge in [0.15, 0.2) is 0 Å². The van der Waals surface area contributed by atoms with Crippen molar-refractivity contribution in [1.29, 1.82) is 0 Å². The number of hydrogen-bond acceptors (Lipinski definition) is 2. The molecular weight excluding hydrogens is 380 g/mol. The van der Waals surface area contributed by atoms with Gasteiger partial charge in [0.25, 0.3) is 0 Å². The molecular formula is C23H26F4N2. The topological polar surface area (TPSA) is 15.3 Å². The number of nitrogens with one attached hydrogen (secondary N) is 1. The van der Waals surface area contributed by atoms with Crippen LogP contribution in [0.3, 0.4) is 0 Å². The largest absolute Gasteiger partial charge is 0.395 e. The Morgan fingerprint density at radius 1 is 1.03 bits per heavy atom. The van der Waals surface area contributed by atoms with E-state index in [0.29, 0.717) is 37.3 Å². The number of rotatable bonds is 6. The third kappa shape index (κ3) is 4.92. The molecule has 0 amide bonds. The third-order valence-electron chi connectivity index (χ3n) is 5.55. The molecule has 0 radical (unpaired) electrons. The van der Waals surface area contributed by atoms with Gasteiger partial charge in [-0.15, -0.1) is 0 Å². The van der Waals surface area contributed by atoms with Gasteiger partial charge in [-0.25, -0.2) is 4.39 Å². The summed E-state index contributed by atoms with van der Waals surface area (Å²) in [5.41, 5.74) is 2.73. The minimum absolute atomic E-state index is 0.272. The summed E-state index contributed by atoms with van der Waals surface area (Å²) in [4.78, 5) is 2.01. The van der Waals surface area contributed by atoms with Gasteiger partial charge in [-0.2, -0.15) is 13.2 Å². The lowest BCUT2D eigenvalue weighted by Gasteiger charge is -2.39. The number of benzene rings is 2. The van der Waals surface area contributed by atoms with E-state index in [1.54, 1.807) is 18.2 Å². The maximum Gasteiger partial charge on any atom is 0.395 e. The summed E-state index contributed by atoms with van der Waals surface area (Å²) in [6.45, 7) is 5.16. The lowest BCUT2D eigenvalue weighted by molar-refractivity contribution is -0.177. The lowest BCUT2D eigenvalue weighted by atomic mass is 9.84. The van der Waals surface area contributed by atoms with Gasteiger partial charge in [0.1, 0.15) is 5.82 Å². The summed E-state index contributed by atoms with van der Waals surface area (Å²) in [7, 11) is 0. The van der Waals surface area contributed by atoms with Crippen molar-refractivity contribution in [2.45, 2.75) is 33.0 Å². The first-order valence-corrected chi connectivity index (χ1v) is 9.94. The molecule has 2 aromatic rings. The van der Waals surface area contributed by atoms with Crippen LogP contribution in [0.15, 0.2) is 54.6 Å². The fourth-order valence-electron chi connectivity index (χ4n) is 3.83. The van der Waals surface area contributed by atoms with Crippen LogP contribution in [-0.2, 0) is 6.54 Å². The molecule has 1 aliphatic heterocycles. The Bertz CT molecular complexity index is 843. The molecule has 0 fully saturated rings. The quantitative estimate of drug-likeness (QED) is 0.565. The van der Waals surface area contributed by atoms with E-state index >= 15 is 0 Å². The summed E-state index contributed by atoms with van der Waals surface area (Å²) in [6, 6.07) is 13.8. The Morgan fingerprint density at radius 2 is 1.72 bits per heavy atom. The van der Waals surface area contributed by atoms with Gasteiger partial charge in [-0.1, -0.05) is 43.7 Å². The van der Waals surface area contributed by atoms with Gasteiger partial charge < -0.3 is 10.2 Å². The van der Waals surface area contributed by atoms with E-state index in [4.69, 9.17) is 0 Å². The molecule has 2 aromatic carbocycles. The van der Waals surface area contributed by atoms with E-state index in [2.05, 4.69) is 5.32 Å². The number of anilines is 1. The second-order valence-electron chi connectivity index (χ2n) is 7.35. The molecule has 0 saturated heterocycles. The van der Waals surface area contributed by atoms with Gasteiger partial charge in [0.2, 0.25) is 0 Å². The lowest BCUT2D eigenvalue weighted by Crippen LogP contribution is -2.41. The predicted molar refractivity (Wildman–Crippen MR) is 109 cm³/mol. The van der Waals surface area contributed by atoms with E-state index < -0.39 is 18.0 Å². The molecule has 0 aromatic heterocycles. The van der Waals surface area contributed by atoms with Gasteiger partial charge in [0, 0.05) is 36.6 Å². The second-order valence-corrected chi connectivity index (χ2v) is 7.35. The summed E-state index contributed by atoms with van der Waals surface area (Å²) >= 11 is 0. The Kier molecular flexibility index (Phi) is 6.50. The number of hydrogen-bond donors (Lipinski definition) is 1. The molecule has 1 N–H and O–H groups in total. The van der Waals surface area contributed by atoms with E-state index in [9.17, 15) is 17.6 Å². The van der Waals surface area contributed by atoms with Crippen molar-refractivity contribution >= 4 is 11.4 Å². The maximum absolute atomic E-state index is 13.7. The number of alkyl halides is 3. The van der Waals surface area contributed by atoms with Gasteiger partial charge in [0.05, 0.1) is 5.92 Å². The van der Waals surface area contributed by atoms with Crippen molar-refractivity contribution in [2.24, 2.45) is 11.8 Å². The second kappa shape index (κ2) is 8.89. The Hall–Kier alpha value is -2.50. The van der Waals surface area contributed by atoms with Crippen LogP contribution in [-0.4, -0.2) is 24.2 Å². The molecule has 1 heterocycles. The Morgan fingerprint density at radius 3 is 2.31 bits per heavy atom. The summed E-state index contributed by atoms with van der Waals surface area (Å²) in [6.07, 6.45) is -2.38. The summed E-state index contributed by atoms with van der Waals surface area (Å²) < 4.78 is 54.4. The zero-order valence-electron chi connectivity index (χ0n) is 16.6. The van der Waals surface area contributed by atoms with Gasteiger partial charge in [-0.05, 0) is 42.7 Å². The summed E-state index contributed by atoms with van der Waals surface area (Å²) in [5.74, 6) is -2.13. The van der Waals surface area contributed by atoms with E-state index in [0.717, 1.165) is 11.3 Å². The van der Waals surface area contributed by atoms with Crippen LogP contribution in [0.4, 0.5) is 23.2 Å². The minimum Gasteiger partial charge on any atom is -0.381 e. The molecule has 2 atom stereocenters. The molecule has 3 rings (SSSR count). The fourth-order valence-corrected chi connectivity index (χ4v) is 3.83. The zero-order chi connectivity index (χ0) is 21.0. The van der Waals surface area contributed by atoms with Crippen molar-refractivity contribution in [3.8, 4) is 0 Å². The van der Waals surface area contributed by atoms with Crippen LogP contribution in [0.2, 0.25) is 0 Å². The zero-order valence-corrected chi connectivity index (χ0v) is 16.6. The normalized spacial score (nSPS) is 19.8. The highest BCUT2D eigenvalue weighted by Crippen LogP contribution is 2.41. The Balaban J connectivity index is 1.79. The van der Waals surface area contributed by atoms with Crippen LogP contribution < -0.4 is 5.32 Å². The SMILES string of the molecule is CCC1CN(CC)C(c2ccc(NCc3ccccc3F)cc2)=CC1C(F)(F)F. The van der Waals surface area contributed by atoms with E-state index in [1.807, 2.05) is 43.0 Å². The van der Waals surface area contributed by atoms with Crippen molar-refractivity contribution in [3.05, 3.63) is 71.6 Å². The molecule has 2 nitrogen and oxygen atoms in total. The number of allylic oxidation sites excluding steroid dienone is 1. The van der Waals surface area contributed by atoms with Crippen LogP contribution in [0.25, 0.3) is 5.70 Å².